The van der Waals surface area contributed by atoms with Gasteiger partial charge in [0.05, 0.1) is 12.4 Å². The van der Waals surface area contributed by atoms with Gasteiger partial charge < -0.3 is 10.0 Å². The molecule has 20 heavy (non-hydrogen) atoms. The summed E-state index contributed by atoms with van der Waals surface area (Å²) in [6.45, 7) is 2.45. The number of likely N-dealkylation sites (tertiary alicyclic amines) is 1. The van der Waals surface area contributed by atoms with Gasteiger partial charge in [0.1, 0.15) is 6.04 Å². The van der Waals surface area contributed by atoms with E-state index in [4.69, 9.17) is 0 Å². The fourth-order valence-corrected chi connectivity index (χ4v) is 2.36. The van der Waals surface area contributed by atoms with E-state index in [-0.39, 0.29) is 5.95 Å². The Morgan fingerprint density at radius 2 is 2.30 bits per heavy atom. The van der Waals surface area contributed by atoms with Crippen LogP contribution in [0.5, 0.6) is 0 Å². The van der Waals surface area contributed by atoms with Crippen LogP contribution in [0.3, 0.4) is 0 Å². The van der Waals surface area contributed by atoms with Gasteiger partial charge in [0, 0.05) is 6.54 Å². The van der Waals surface area contributed by atoms with Crippen LogP contribution in [0, 0.1) is 5.92 Å². The van der Waals surface area contributed by atoms with Gasteiger partial charge in [0.25, 0.3) is 5.95 Å². The van der Waals surface area contributed by atoms with Crippen LogP contribution >= 0.6 is 0 Å². The summed E-state index contributed by atoms with van der Waals surface area (Å²) in [7, 11) is 0. The molecule has 0 bridgehead atoms. The topological polar surface area (TPSA) is 108 Å². The largest absolute Gasteiger partial charge is 0.480 e. The number of nitrogens with one attached hydrogen (secondary N) is 1. The Hall–Kier alpha value is -2.25. The first kappa shape index (κ1) is 14.2. The normalized spacial score (nSPS) is 22.4. The number of nitrogens with zero attached hydrogens (tertiary/aromatic N) is 4. The van der Waals surface area contributed by atoms with Crippen LogP contribution in [0.1, 0.15) is 26.2 Å². The van der Waals surface area contributed by atoms with E-state index in [9.17, 15) is 14.7 Å². The fourth-order valence-electron chi connectivity index (χ4n) is 2.36. The lowest BCUT2D eigenvalue weighted by Crippen LogP contribution is -2.51. The van der Waals surface area contributed by atoms with Crippen LogP contribution < -0.4 is 5.32 Å². The van der Waals surface area contributed by atoms with Crippen molar-refractivity contribution in [2.75, 3.05) is 11.9 Å². The van der Waals surface area contributed by atoms with Gasteiger partial charge in [-0.2, -0.15) is 5.10 Å². The van der Waals surface area contributed by atoms with E-state index >= 15 is 0 Å². The molecule has 1 aromatic heterocycles. The highest BCUT2D eigenvalue weighted by atomic mass is 16.4. The van der Waals surface area contributed by atoms with E-state index in [1.165, 1.54) is 17.3 Å². The highest BCUT2D eigenvalue weighted by Gasteiger charge is 2.35. The summed E-state index contributed by atoms with van der Waals surface area (Å²) >= 11 is 0. The van der Waals surface area contributed by atoms with E-state index in [0.29, 0.717) is 18.9 Å². The molecule has 2 atom stereocenters. The van der Waals surface area contributed by atoms with E-state index in [2.05, 4.69) is 20.5 Å². The number of carbonyl (C=O) groups is 2. The lowest BCUT2D eigenvalue weighted by atomic mass is 9.89. The number of hydrogen-bond donors (Lipinski definition) is 2. The fraction of sp³-hybridized carbons (Fsp3) is 0.583. The van der Waals surface area contributed by atoms with Crippen LogP contribution in [0.4, 0.5) is 10.7 Å². The molecule has 0 aliphatic carbocycles. The maximum Gasteiger partial charge on any atom is 0.326 e. The third-order valence-corrected chi connectivity index (χ3v) is 3.54. The third kappa shape index (κ3) is 3.19. The average molecular weight is 279 g/mol. The van der Waals surface area contributed by atoms with E-state index in [0.717, 1.165) is 12.8 Å². The van der Waals surface area contributed by atoms with Crippen molar-refractivity contribution in [3.63, 3.8) is 0 Å². The molecule has 2 N–H and O–H groups in total. The van der Waals surface area contributed by atoms with Crippen LogP contribution in [0.25, 0.3) is 0 Å². The molecule has 1 fully saturated rings. The van der Waals surface area contributed by atoms with Gasteiger partial charge in [-0.1, -0.05) is 13.3 Å². The maximum atomic E-state index is 12.1. The first-order chi connectivity index (χ1) is 9.61. The molecular weight excluding hydrogens is 262 g/mol. The summed E-state index contributed by atoms with van der Waals surface area (Å²) in [6, 6.07) is -1.30. The Morgan fingerprint density at radius 3 is 2.90 bits per heavy atom. The number of carbonyl (C=O) groups excluding carboxylic acids is 1. The Morgan fingerprint density at radius 1 is 1.50 bits per heavy atom. The molecule has 2 rings (SSSR count). The molecule has 8 nitrogen and oxygen atoms in total. The highest BCUT2D eigenvalue weighted by Crippen LogP contribution is 2.25. The Labute approximate surface area is 116 Å². The van der Waals surface area contributed by atoms with Crippen LogP contribution in [0.15, 0.2) is 12.4 Å². The minimum atomic E-state index is -0.981. The maximum absolute atomic E-state index is 12.1. The van der Waals surface area contributed by atoms with Crippen molar-refractivity contribution in [2.24, 2.45) is 5.92 Å². The first-order valence-corrected chi connectivity index (χ1v) is 6.56. The minimum absolute atomic E-state index is 0.0688. The highest BCUT2D eigenvalue weighted by molar-refractivity contribution is 5.91. The van der Waals surface area contributed by atoms with Gasteiger partial charge in [-0.05, 0) is 18.8 Å². The minimum Gasteiger partial charge on any atom is -0.480 e. The van der Waals surface area contributed by atoms with Crippen molar-refractivity contribution in [1.29, 1.82) is 0 Å². The summed E-state index contributed by atoms with van der Waals surface area (Å²) in [6.07, 6.45) is 5.00. The number of carboxylic acids is 1. The molecule has 0 spiro atoms. The van der Waals surface area contributed by atoms with Gasteiger partial charge in [0.15, 0.2) is 0 Å². The van der Waals surface area contributed by atoms with E-state index in [1.54, 1.807) is 0 Å². The standard InChI is InChI=1S/C12H17N5O3/c1-2-8-3-6-17(9(7-8)10(18)19)12(20)15-11-13-4-5-14-16-11/h4-5,8-9H,2-3,6-7H2,1H3,(H,18,19)(H,13,15,16,20). The second-order valence-corrected chi connectivity index (χ2v) is 4.74. The Balaban J connectivity index is 2.06. The number of rotatable bonds is 3. The smallest absolute Gasteiger partial charge is 0.326 e. The van der Waals surface area contributed by atoms with Crippen molar-refractivity contribution in [3.8, 4) is 0 Å². The zero-order valence-corrected chi connectivity index (χ0v) is 11.2. The van der Waals surface area contributed by atoms with Crippen LogP contribution in [0.2, 0.25) is 0 Å². The molecule has 1 aromatic rings. The molecule has 1 aliphatic rings. The van der Waals surface area contributed by atoms with Gasteiger partial charge in [-0.25, -0.2) is 14.6 Å². The summed E-state index contributed by atoms with van der Waals surface area (Å²) in [5.74, 6) is -0.570. The van der Waals surface area contributed by atoms with Crippen LogP contribution in [-0.2, 0) is 4.79 Å². The number of hydrogen-bond acceptors (Lipinski definition) is 5. The van der Waals surface area contributed by atoms with Gasteiger partial charge >= 0.3 is 12.0 Å². The zero-order chi connectivity index (χ0) is 14.5. The van der Waals surface area contributed by atoms with Gasteiger partial charge in [0.2, 0.25) is 0 Å². The Bertz CT molecular complexity index is 481. The molecule has 0 radical (unpaired) electrons. The number of aromatic nitrogens is 3. The van der Waals surface area contributed by atoms with Crippen molar-refractivity contribution in [2.45, 2.75) is 32.2 Å². The van der Waals surface area contributed by atoms with E-state index < -0.39 is 18.0 Å². The molecular formula is C12H17N5O3. The average Bonchev–Trinajstić information content (AvgIpc) is 2.47. The number of piperidine rings is 1. The number of urea groups is 1. The molecule has 0 saturated carbocycles. The van der Waals surface area contributed by atoms with Gasteiger partial charge in [-0.15, -0.1) is 5.10 Å². The number of aliphatic carboxylic acids is 1. The lowest BCUT2D eigenvalue weighted by Gasteiger charge is -2.36. The molecule has 2 unspecified atom stereocenters. The number of carboxylic acid groups (broad SMARTS) is 1. The van der Waals surface area contributed by atoms with Crippen molar-refractivity contribution < 1.29 is 14.7 Å². The molecule has 2 amide bonds. The summed E-state index contributed by atoms with van der Waals surface area (Å²) in [4.78, 5) is 28.6. The second-order valence-electron chi connectivity index (χ2n) is 4.74. The first-order valence-electron chi connectivity index (χ1n) is 6.56. The zero-order valence-electron chi connectivity index (χ0n) is 11.2. The summed E-state index contributed by atoms with van der Waals surface area (Å²) in [5.41, 5.74) is 0. The lowest BCUT2D eigenvalue weighted by molar-refractivity contribution is -0.143. The monoisotopic (exact) mass is 279 g/mol. The van der Waals surface area contributed by atoms with Crippen molar-refractivity contribution >= 4 is 17.9 Å². The second kappa shape index (κ2) is 6.27. The predicted octanol–water partition coefficient (Wildman–Crippen LogP) is 0.979. The third-order valence-electron chi connectivity index (χ3n) is 3.54. The molecule has 108 valence electrons. The molecule has 1 saturated heterocycles. The molecule has 0 aromatic carbocycles. The van der Waals surface area contributed by atoms with E-state index in [1.807, 2.05) is 6.92 Å². The van der Waals surface area contributed by atoms with Crippen LogP contribution in [-0.4, -0.2) is 49.8 Å². The van der Waals surface area contributed by atoms with Gasteiger partial charge in [-0.3, -0.25) is 5.32 Å². The van der Waals surface area contributed by atoms with Crippen molar-refractivity contribution in [3.05, 3.63) is 12.4 Å². The molecule has 8 heteroatoms. The quantitative estimate of drug-likeness (QED) is 0.853. The Kier molecular flexibility index (Phi) is 4.44. The number of anilines is 1. The number of amides is 2. The molecule has 2 heterocycles. The SMILES string of the molecule is CCC1CCN(C(=O)Nc2nccnn2)C(C(=O)O)C1. The predicted molar refractivity (Wildman–Crippen MR) is 70.0 cm³/mol. The summed E-state index contributed by atoms with van der Waals surface area (Å²) < 4.78 is 0. The molecule has 1 aliphatic heterocycles. The summed E-state index contributed by atoms with van der Waals surface area (Å²) in [5, 5.41) is 19.0. The van der Waals surface area contributed by atoms with Crippen molar-refractivity contribution in [1.82, 2.24) is 20.1 Å².